The minimum absolute atomic E-state index is 0.0279. The molecule has 0 spiro atoms. The number of pyridine rings is 1. The van der Waals surface area contributed by atoms with E-state index in [2.05, 4.69) is 26.2 Å². The molecule has 3 aromatic rings. The quantitative estimate of drug-likeness (QED) is 0.636. The highest BCUT2D eigenvalue weighted by Crippen LogP contribution is 2.21. The maximum Gasteiger partial charge on any atom is 0.262 e. The van der Waals surface area contributed by atoms with E-state index < -0.39 is 0 Å². The average Bonchev–Trinajstić information content (AvgIpc) is 2.65. The Hall–Kier alpha value is -2.66. The third-order valence-corrected chi connectivity index (χ3v) is 4.78. The van der Waals surface area contributed by atoms with Gasteiger partial charge in [0.15, 0.2) is 6.61 Å². The van der Waals surface area contributed by atoms with Crippen molar-refractivity contribution in [2.24, 2.45) is 0 Å². The molecule has 26 heavy (non-hydrogen) atoms. The van der Waals surface area contributed by atoms with Gasteiger partial charge in [0.1, 0.15) is 5.75 Å². The number of benzene rings is 2. The fourth-order valence-corrected chi connectivity index (χ4v) is 2.74. The molecule has 0 aliphatic carbocycles. The Morgan fingerprint density at radius 2 is 1.73 bits per heavy atom. The summed E-state index contributed by atoms with van der Waals surface area (Å²) < 4.78 is 6.55. The number of amides is 1. The maximum absolute atomic E-state index is 12.1. The highest BCUT2D eigenvalue weighted by atomic mass is 79.9. The highest BCUT2D eigenvalue weighted by molar-refractivity contribution is 9.10. The monoisotopic (exact) mass is 410 g/mol. The van der Waals surface area contributed by atoms with Crippen LogP contribution in [0.2, 0.25) is 0 Å². The van der Waals surface area contributed by atoms with Crippen LogP contribution in [0.1, 0.15) is 16.7 Å². The smallest absolute Gasteiger partial charge is 0.262 e. The summed E-state index contributed by atoms with van der Waals surface area (Å²) in [6, 6.07) is 17.4. The van der Waals surface area contributed by atoms with Gasteiger partial charge < -0.3 is 10.1 Å². The van der Waals surface area contributed by atoms with Crippen LogP contribution in [-0.4, -0.2) is 17.5 Å². The first-order chi connectivity index (χ1) is 12.6. The largest absolute Gasteiger partial charge is 0.484 e. The Kier molecular flexibility index (Phi) is 6.02. The highest BCUT2D eigenvalue weighted by Gasteiger charge is 2.05. The lowest BCUT2D eigenvalue weighted by Gasteiger charge is -2.09. The van der Waals surface area contributed by atoms with Crippen LogP contribution >= 0.6 is 15.9 Å². The number of rotatable bonds is 6. The molecule has 0 fully saturated rings. The second-order valence-electron chi connectivity index (χ2n) is 5.98. The van der Waals surface area contributed by atoms with Crippen LogP contribution in [0.25, 0.3) is 0 Å². The summed E-state index contributed by atoms with van der Waals surface area (Å²) >= 11 is 3.44. The van der Waals surface area contributed by atoms with Crippen LogP contribution in [-0.2, 0) is 11.2 Å². The molecule has 1 amide bonds. The second kappa shape index (κ2) is 8.63. The molecule has 4 nitrogen and oxygen atoms in total. The molecule has 1 N–H and O–H groups in total. The van der Waals surface area contributed by atoms with Crippen LogP contribution in [0.4, 0.5) is 5.69 Å². The van der Waals surface area contributed by atoms with E-state index in [4.69, 9.17) is 4.74 Å². The van der Waals surface area contributed by atoms with E-state index >= 15 is 0 Å². The third kappa shape index (κ3) is 5.17. The molecular formula is C21H19BrN2O2. The van der Waals surface area contributed by atoms with Crippen molar-refractivity contribution in [1.29, 1.82) is 0 Å². The van der Waals surface area contributed by atoms with Crippen LogP contribution in [0.5, 0.6) is 5.75 Å². The molecule has 0 saturated heterocycles. The first-order valence-electron chi connectivity index (χ1n) is 8.27. The molecule has 0 aliphatic rings. The van der Waals surface area contributed by atoms with Crippen molar-refractivity contribution in [2.45, 2.75) is 13.3 Å². The van der Waals surface area contributed by atoms with Gasteiger partial charge in [0.2, 0.25) is 0 Å². The molecule has 0 saturated carbocycles. The van der Waals surface area contributed by atoms with Crippen molar-refractivity contribution in [2.75, 3.05) is 11.9 Å². The van der Waals surface area contributed by atoms with Gasteiger partial charge in [-0.05, 0) is 72.5 Å². The van der Waals surface area contributed by atoms with Crippen molar-refractivity contribution < 1.29 is 9.53 Å². The minimum atomic E-state index is -0.188. The maximum atomic E-state index is 12.1. The van der Waals surface area contributed by atoms with Gasteiger partial charge in [-0.2, -0.15) is 0 Å². The zero-order chi connectivity index (χ0) is 18.4. The van der Waals surface area contributed by atoms with Gasteiger partial charge >= 0.3 is 0 Å². The van der Waals surface area contributed by atoms with Gasteiger partial charge in [-0.25, -0.2) is 0 Å². The van der Waals surface area contributed by atoms with Crippen LogP contribution in [0.15, 0.2) is 71.5 Å². The van der Waals surface area contributed by atoms with Crippen LogP contribution in [0.3, 0.4) is 0 Å². The van der Waals surface area contributed by atoms with E-state index in [0.29, 0.717) is 5.75 Å². The van der Waals surface area contributed by atoms with E-state index in [1.54, 1.807) is 12.4 Å². The number of aromatic nitrogens is 1. The Morgan fingerprint density at radius 3 is 2.42 bits per heavy atom. The topological polar surface area (TPSA) is 51.2 Å². The number of nitrogens with zero attached hydrogens (tertiary/aromatic N) is 1. The van der Waals surface area contributed by atoms with Gasteiger partial charge in [-0.15, -0.1) is 0 Å². The molecule has 0 unspecified atom stereocenters. The van der Waals surface area contributed by atoms with Crippen molar-refractivity contribution in [3.05, 3.63) is 88.2 Å². The fraction of sp³-hybridized carbons (Fsp3) is 0.143. The molecule has 0 bridgehead atoms. The Balaban J connectivity index is 1.51. The van der Waals surface area contributed by atoms with Gasteiger partial charge in [-0.1, -0.05) is 28.1 Å². The lowest BCUT2D eigenvalue weighted by atomic mass is 10.1. The van der Waals surface area contributed by atoms with E-state index in [1.165, 1.54) is 11.1 Å². The lowest BCUT2D eigenvalue weighted by Crippen LogP contribution is -2.20. The van der Waals surface area contributed by atoms with E-state index in [1.807, 2.05) is 61.5 Å². The number of anilines is 1. The first-order valence-corrected chi connectivity index (χ1v) is 9.06. The molecule has 0 aliphatic heterocycles. The number of hydrogen-bond acceptors (Lipinski definition) is 3. The van der Waals surface area contributed by atoms with Gasteiger partial charge in [-0.3, -0.25) is 9.78 Å². The minimum Gasteiger partial charge on any atom is -0.484 e. The van der Waals surface area contributed by atoms with Gasteiger partial charge in [0.05, 0.1) is 0 Å². The lowest BCUT2D eigenvalue weighted by molar-refractivity contribution is -0.118. The zero-order valence-electron chi connectivity index (χ0n) is 14.4. The molecule has 1 aromatic heterocycles. The van der Waals surface area contributed by atoms with Crippen molar-refractivity contribution >= 4 is 27.5 Å². The molecule has 0 radical (unpaired) electrons. The van der Waals surface area contributed by atoms with Crippen molar-refractivity contribution in [3.8, 4) is 5.75 Å². The Bertz CT molecular complexity index is 880. The number of aryl methyl sites for hydroxylation is 1. The third-order valence-electron chi connectivity index (χ3n) is 3.89. The molecule has 0 atom stereocenters. The number of hydrogen-bond donors (Lipinski definition) is 1. The summed E-state index contributed by atoms with van der Waals surface area (Å²) in [7, 11) is 0. The van der Waals surface area contributed by atoms with Gasteiger partial charge in [0.25, 0.3) is 5.91 Å². The van der Waals surface area contributed by atoms with Crippen molar-refractivity contribution in [3.63, 3.8) is 0 Å². The zero-order valence-corrected chi connectivity index (χ0v) is 16.0. The summed E-state index contributed by atoms with van der Waals surface area (Å²) in [4.78, 5) is 16.1. The molecule has 3 rings (SSSR count). The number of carbonyl (C=O) groups excluding carboxylic acids is 1. The SMILES string of the molecule is Cc1cc(OCC(=O)Nc2ccc(Cc3ccncc3)cc2)ccc1Br. The summed E-state index contributed by atoms with van der Waals surface area (Å²) in [5.74, 6) is 0.487. The fourth-order valence-electron chi connectivity index (χ4n) is 2.50. The van der Waals surface area contributed by atoms with Crippen LogP contribution < -0.4 is 10.1 Å². The molecule has 2 aromatic carbocycles. The number of carbonyl (C=O) groups is 1. The summed E-state index contributed by atoms with van der Waals surface area (Å²) in [5.41, 5.74) is 4.20. The normalized spacial score (nSPS) is 10.4. The number of ether oxygens (including phenoxy) is 1. The predicted octanol–water partition coefficient (Wildman–Crippen LogP) is 4.76. The number of nitrogens with one attached hydrogen (secondary N) is 1. The average molecular weight is 411 g/mol. The standard InChI is InChI=1S/C21H19BrN2O2/c1-15-12-19(6-7-20(15)22)26-14-21(25)24-18-4-2-16(3-5-18)13-17-8-10-23-11-9-17/h2-12H,13-14H2,1H3,(H,24,25). The molecule has 1 heterocycles. The van der Waals surface area contributed by atoms with E-state index in [-0.39, 0.29) is 12.5 Å². The van der Waals surface area contributed by atoms with E-state index in [0.717, 1.165) is 22.1 Å². The summed E-state index contributed by atoms with van der Waals surface area (Å²) in [6.45, 7) is 1.95. The Morgan fingerprint density at radius 1 is 1.04 bits per heavy atom. The number of halogens is 1. The van der Waals surface area contributed by atoms with Crippen LogP contribution in [0, 0.1) is 6.92 Å². The van der Waals surface area contributed by atoms with E-state index in [9.17, 15) is 4.79 Å². The van der Waals surface area contributed by atoms with Gasteiger partial charge in [0, 0.05) is 22.6 Å². The summed E-state index contributed by atoms with van der Waals surface area (Å²) in [5, 5.41) is 2.85. The Labute approximate surface area is 161 Å². The second-order valence-corrected chi connectivity index (χ2v) is 6.83. The first kappa shape index (κ1) is 18.1. The molecule has 5 heteroatoms. The molecule has 132 valence electrons. The van der Waals surface area contributed by atoms with Crippen molar-refractivity contribution in [1.82, 2.24) is 4.98 Å². The summed E-state index contributed by atoms with van der Waals surface area (Å²) in [6.07, 6.45) is 4.41. The molecular weight excluding hydrogens is 392 g/mol. The predicted molar refractivity (Wildman–Crippen MR) is 106 cm³/mol.